The van der Waals surface area contributed by atoms with E-state index in [2.05, 4.69) is 15.1 Å². The first-order chi connectivity index (χ1) is 8.58. The maximum absolute atomic E-state index is 11.6. The van der Waals surface area contributed by atoms with Crippen molar-refractivity contribution in [2.45, 2.75) is 5.16 Å². The van der Waals surface area contributed by atoms with Gasteiger partial charge in [-0.1, -0.05) is 11.8 Å². The predicted molar refractivity (Wildman–Crippen MR) is 65.4 cm³/mol. The average Bonchev–Trinajstić information content (AvgIpc) is 2.68. The molecule has 2 rings (SSSR count). The fourth-order valence-corrected chi connectivity index (χ4v) is 1.96. The molecule has 2 heterocycles. The van der Waals surface area contributed by atoms with Gasteiger partial charge in [-0.2, -0.15) is 5.10 Å². The zero-order valence-corrected chi connectivity index (χ0v) is 10.3. The van der Waals surface area contributed by atoms with E-state index >= 15 is 0 Å². The van der Waals surface area contributed by atoms with Gasteiger partial charge in [-0.05, 0) is 0 Å². The van der Waals surface area contributed by atoms with Crippen molar-refractivity contribution in [3.63, 3.8) is 0 Å². The van der Waals surface area contributed by atoms with E-state index in [4.69, 9.17) is 5.11 Å². The number of hydrogen-bond donors (Lipinski definition) is 2. The molecule has 0 unspecified atom stereocenters. The minimum absolute atomic E-state index is 0.100. The van der Waals surface area contributed by atoms with Gasteiger partial charge in [0.1, 0.15) is 0 Å². The van der Waals surface area contributed by atoms with Crippen molar-refractivity contribution >= 4 is 17.7 Å². The number of thioether (sulfide) groups is 1. The van der Waals surface area contributed by atoms with Gasteiger partial charge in [-0.25, -0.2) is 9.67 Å². The standard InChI is InChI=1S/C10H10N4O3S/c1-14-10(18-5-8(16)17)12-9(13-14)6-4-11-3-2-7(6)15/h2-4H,5H2,1H3,(H,11,15)(H,16,17). The van der Waals surface area contributed by atoms with E-state index in [0.717, 1.165) is 11.8 Å². The van der Waals surface area contributed by atoms with E-state index in [1.807, 2.05) is 0 Å². The van der Waals surface area contributed by atoms with Crippen LogP contribution >= 0.6 is 11.8 Å². The van der Waals surface area contributed by atoms with Crippen LogP contribution in [0, 0.1) is 0 Å². The number of aromatic nitrogens is 4. The van der Waals surface area contributed by atoms with Gasteiger partial charge in [-0.3, -0.25) is 9.59 Å². The fourth-order valence-electron chi connectivity index (χ4n) is 1.33. The fraction of sp³-hybridized carbons (Fsp3) is 0.200. The predicted octanol–water partition coefficient (Wildman–Crippen LogP) is 0.347. The molecule has 2 aromatic rings. The molecule has 0 saturated carbocycles. The van der Waals surface area contributed by atoms with Gasteiger partial charge in [0.05, 0.1) is 11.3 Å². The molecule has 0 spiro atoms. The zero-order chi connectivity index (χ0) is 13.1. The summed E-state index contributed by atoms with van der Waals surface area (Å²) in [7, 11) is 1.65. The van der Waals surface area contributed by atoms with E-state index in [1.54, 1.807) is 7.05 Å². The monoisotopic (exact) mass is 266 g/mol. The zero-order valence-electron chi connectivity index (χ0n) is 9.45. The number of carboxylic acid groups (broad SMARTS) is 1. The van der Waals surface area contributed by atoms with Crippen molar-refractivity contribution in [2.75, 3.05) is 5.75 Å². The summed E-state index contributed by atoms with van der Waals surface area (Å²) >= 11 is 1.05. The first-order valence-corrected chi connectivity index (χ1v) is 5.99. The number of pyridine rings is 1. The lowest BCUT2D eigenvalue weighted by atomic mass is 10.3. The maximum Gasteiger partial charge on any atom is 0.313 e. The van der Waals surface area contributed by atoms with Crippen LogP contribution in [0.4, 0.5) is 0 Å². The summed E-state index contributed by atoms with van der Waals surface area (Å²) in [5.74, 6) is -0.744. The third-order valence-corrected chi connectivity index (χ3v) is 3.12. The maximum atomic E-state index is 11.6. The van der Waals surface area contributed by atoms with Crippen LogP contribution in [0.5, 0.6) is 0 Å². The Morgan fingerprint density at radius 2 is 2.39 bits per heavy atom. The van der Waals surface area contributed by atoms with Crippen molar-refractivity contribution in [2.24, 2.45) is 7.05 Å². The van der Waals surface area contributed by atoms with Gasteiger partial charge in [-0.15, -0.1) is 0 Å². The molecule has 0 aliphatic carbocycles. The highest BCUT2D eigenvalue weighted by Crippen LogP contribution is 2.18. The number of aromatic amines is 1. The van der Waals surface area contributed by atoms with Crippen LogP contribution < -0.4 is 5.43 Å². The summed E-state index contributed by atoms with van der Waals surface area (Å²) in [6, 6.07) is 1.38. The SMILES string of the molecule is Cn1nc(-c2c[nH]ccc2=O)nc1SCC(=O)O. The van der Waals surface area contributed by atoms with Gasteiger partial charge in [0.2, 0.25) is 0 Å². The van der Waals surface area contributed by atoms with Crippen LogP contribution in [-0.2, 0) is 11.8 Å². The Balaban J connectivity index is 2.32. The molecule has 0 saturated heterocycles. The Bertz CT molecular complexity index is 634. The Kier molecular flexibility index (Phi) is 3.47. The van der Waals surface area contributed by atoms with Crippen molar-refractivity contribution in [1.29, 1.82) is 0 Å². The summed E-state index contributed by atoms with van der Waals surface area (Å²) in [5, 5.41) is 13.1. The number of nitrogens with one attached hydrogen (secondary N) is 1. The molecule has 0 amide bonds. The lowest BCUT2D eigenvalue weighted by molar-refractivity contribution is -0.133. The van der Waals surface area contributed by atoms with Gasteiger partial charge < -0.3 is 10.1 Å². The number of nitrogens with zero attached hydrogens (tertiary/aromatic N) is 3. The molecule has 94 valence electrons. The molecule has 0 fully saturated rings. The molecule has 0 bridgehead atoms. The highest BCUT2D eigenvalue weighted by molar-refractivity contribution is 7.99. The van der Waals surface area contributed by atoms with Gasteiger partial charge in [0.25, 0.3) is 0 Å². The van der Waals surface area contributed by atoms with Gasteiger partial charge in [0.15, 0.2) is 16.4 Å². The topological polar surface area (TPSA) is 101 Å². The van der Waals surface area contributed by atoms with Crippen LogP contribution in [-0.4, -0.2) is 36.6 Å². The van der Waals surface area contributed by atoms with Crippen molar-refractivity contribution < 1.29 is 9.90 Å². The van der Waals surface area contributed by atoms with Crippen molar-refractivity contribution in [3.05, 3.63) is 28.7 Å². The van der Waals surface area contributed by atoms with Gasteiger partial charge in [0, 0.05) is 25.5 Å². The molecule has 7 nitrogen and oxygen atoms in total. The molecular weight excluding hydrogens is 256 g/mol. The number of rotatable bonds is 4. The van der Waals surface area contributed by atoms with Crippen molar-refractivity contribution in [3.8, 4) is 11.4 Å². The molecule has 0 radical (unpaired) electrons. The van der Waals surface area contributed by atoms with Gasteiger partial charge >= 0.3 is 5.97 Å². The van der Waals surface area contributed by atoms with Crippen LogP contribution in [0.2, 0.25) is 0 Å². The number of H-pyrrole nitrogens is 1. The Morgan fingerprint density at radius 1 is 1.61 bits per heavy atom. The smallest absolute Gasteiger partial charge is 0.313 e. The largest absolute Gasteiger partial charge is 0.481 e. The molecule has 0 aliphatic heterocycles. The first-order valence-electron chi connectivity index (χ1n) is 5.01. The quantitative estimate of drug-likeness (QED) is 0.774. The number of carboxylic acids is 1. The molecule has 0 aliphatic rings. The summed E-state index contributed by atoms with van der Waals surface area (Å²) in [4.78, 5) is 29.0. The highest BCUT2D eigenvalue weighted by Gasteiger charge is 2.13. The Labute approximate surface area is 106 Å². The summed E-state index contributed by atoms with van der Waals surface area (Å²) < 4.78 is 1.45. The van der Waals surface area contributed by atoms with E-state index in [0.29, 0.717) is 10.7 Å². The lowest BCUT2D eigenvalue weighted by Gasteiger charge is -1.94. The third-order valence-electron chi connectivity index (χ3n) is 2.11. The Morgan fingerprint density at radius 3 is 3.06 bits per heavy atom. The molecule has 2 aromatic heterocycles. The third kappa shape index (κ3) is 2.59. The second-order valence-corrected chi connectivity index (χ2v) is 4.39. The molecule has 8 heteroatoms. The van der Waals surface area contributed by atoms with Crippen molar-refractivity contribution in [1.82, 2.24) is 19.7 Å². The normalized spacial score (nSPS) is 10.5. The van der Waals surface area contributed by atoms with E-state index in [9.17, 15) is 9.59 Å². The number of hydrogen-bond acceptors (Lipinski definition) is 5. The minimum Gasteiger partial charge on any atom is -0.481 e. The number of aliphatic carboxylic acids is 1. The number of carbonyl (C=O) groups is 1. The number of aryl methyl sites for hydroxylation is 1. The first kappa shape index (κ1) is 12.4. The van der Waals surface area contributed by atoms with Crippen LogP contribution in [0.3, 0.4) is 0 Å². The van der Waals surface area contributed by atoms with E-state index in [1.165, 1.54) is 23.1 Å². The molecular formula is C10H10N4O3S. The summed E-state index contributed by atoms with van der Waals surface area (Å²) in [5.41, 5.74) is 0.171. The van der Waals surface area contributed by atoms with E-state index in [-0.39, 0.29) is 17.0 Å². The molecule has 0 atom stereocenters. The average molecular weight is 266 g/mol. The van der Waals surface area contributed by atoms with Crippen LogP contribution in [0.25, 0.3) is 11.4 Å². The second-order valence-electron chi connectivity index (χ2n) is 3.45. The summed E-state index contributed by atoms with van der Waals surface area (Å²) in [6.07, 6.45) is 3.04. The Hall–Kier alpha value is -2.09. The molecule has 18 heavy (non-hydrogen) atoms. The molecule has 2 N–H and O–H groups in total. The van der Waals surface area contributed by atoms with E-state index < -0.39 is 5.97 Å². The van der Waals surface area contributed by atoms with Crippen LogP contribution in [0.1, 0.15) is 0 Å². The second kappa shape index (κ2) is 5.05. The molecule has 0 aromatic carbocycles. The summed E-state index contributed by atoms with van der Waals surface area (Å²) in [6.45, 7) is 0. The van der Waals surface area contributed by atoms with Crippen LogP contribution in [0.15, 0.2) is 28.4 Å². The lowest BCUT2D eigenvalue weighted by Crippen LogP contribution is -2.04. The highest BCUT2D eigenvalue weighted by atomic mass is 32.2. The minimum atomic E-state index is -0.929.